The number of carbonyl (C=O) groups excluding carboxylic acids is 3. The second-order valence-electron chi connectivity index (χ2n) is 9.07. The summed E-state index contributed by atoms with van der Waals surface area (Å²) in [5.74, 6) is -4.66. The Morgan fingerprint density at radius 2 is 1.92 bits per heavy atom. The predicted octanol–water partition coefficient (Wildman–Crippen LogP) is 1.05. The SMILES string of the molecule is C=C(O)/C(O)=C1/C(=O)N(C2CCC(=O)NC2=O)C/C1=C(/O)NCc1ccc(CN2CCOCC2)cc1F. The Hall–Kier alpha value is -3.90. The second-order valence-corrected chi connectivity index (χ2v) is 9.07. The van der Waals surface area contributed by atoms with Gasteiger partial charge in [0.2, 0.25) is 11.8 Å². The Labute approximate surface area is 212 Å². The number of aliphatic hydroxyl groups excluding tert-OH is 3. The van der Waals surface area contributed by atoms with Crippen molar-refractivity contribution in [2.45, 2.75) is 32.0 Å². The molecule has 0 aromatic heterocycles. The van der Waals surface area contributed by atoms with Crippen molar-refractivity contribution in [3.8, 4) is 0 Å². The molecule has 3 fully saturated rings. The van der Waals surface area contributed by atoms with Crippen LogP contribution < -0.4 is 10.6 Å². The van der Waals surface area contributed by atoms with E-state index in [1.165, 1.54) is 6.07 Å². The van der Waals surface area contributed by atoms with E-state index in [-0.39, 0.29) is 37.1 Å². The topological polar surface area (TPSA) is 152 Å². The molecule has 3 saturated heterocycles. The lowest BCUT2D eigenvalue weighted by molar-refractivity contribution is -0.142. The number of hydrogen-bond acceptors (Lipinski definition) is 9. The van der Waals surface area contributed by atoms with Crippen molar-refractivity contribution in [2.24, 2.45) is 0 Å². The van der Waals surface area contributed by atoms with Gasteiger partial charge in [0.05, 0.1) is 25.3 Å². The summed E-state index contributed by atoms with van der Waals surface area (Å²) in [6.45, 7) is 6.17. The highest BCUT2D eigenvalue weighted by atomic mass is 19.1. The first kappa shape index (κ1) is 26.2. The van der Waals surface area contributed by atoms with Gasteiger partial charge in [-0.15, -0.1) is 0 Å². The van der Waals surface area contributed by atoms with E-state index in [9.17, 15) is 34.1 Å². The molecule has 5 N–H and O–H groups in total. The highest BCUT2D eigenvalue weighted by Crippen LogP contribution is 2.32. The summed E-state index contributed by atoms with van der Waals surface area (Å²) in [6, 6.07) is 3.79. The number of carbonyl (C=O) groups is 3. The molecule has 1 aromatic rings. The monoisotopic (exact) mass is 516 g/mol. The zero-order chi connectivity index (χ0) is 26.7. The maximum atomic E-state index is 14.8. The van der Waals surface area contributed by atoms with Crippen LogP contribution in [0.4, 0.5) is 4.39 Å². The van der Waals surface area contributed by atoms with Crippen LogP contribution in [0, 0.1) is 5.82 Å². The van der Waals surface area contributed by atoms with E-state index < -0.39 is 52.6 Å². The minimum atomic E-state index is -1.01. The first-order valence-electron chi connectivity index (χ1n) is 11.9. The molecule has 0 bridgehead atoms. The number of benzene rings is 1. The van der Waals surface area contributed by atoms with Crippen molar-refractivity contribution in [3.05, 3.63) is 70.3 Å². The fourth-order valence-electron chi connectivity index (χ4n) is 4.54. The maximum absolute atomic E-state index is 14.8. The van der Waals surface area contributed by atoms with Crippen molar-refractivity contribution in [3.63, 3.8) is 0 Å². The van der Waals surface area contributed by atoms with Crippen LogP contribution in [0.2, 0.25) is 0 Å². The molecule has 3 aliphatic heterocycles. The van der Waals surface area contributed by atoms with E-state index in [1.807, 2.05) is 0 Å². The number of morpholine rings is 1. The van der Waals surface area contributed by atoms with Gasteiger partial charge >= 0.3 is 0 Å². The summed E-state index contributed by atoms with van der Waals surface area (Å²) in [4.78, 5) is 40.1. The van der Waals surface area contributed by atoms with Gasteiger partial charge in [0.25, 0.3) is 5.91 Å². The van der Waals surface area contributed by atoms with E-state index in [1.54, 1.807) is 12.1 Å². The van der Waals surface area contributed by atoms with Gasteiger partial charge in [-0.05, 0) is 18.1 Å². The number of imide groups is 1. The van der Waals surface area contributed by atoms with Gasteiger partial charge in [-0.25, -0.2) is 4.39 Å². The first-order valence-corrected chi connectivity index (χ1v) is 11.9. The number of halogens is 1. The van der Waals surface area contributed by atoms with Crippen LogP contribution >= 0.6 is 0 Å². The molecule has 0 radical (unpaired) electrons. The first-order chi connectivity index (χ1) is 17.7. The number of amides is 3. The summed E-state index contributed by atoms with van der Waals surface area (Å²) in [6.07, 6.45) is 0.0794. The minimum absolute atomic E-state index is 0.0159. The Bertz CT molecular complexity index is 1190. The third-order valence-corrected chi connectivity index (χ3v) is 6.56. The quantitative estimate of drug-likeness (QED) is 0.203. The Balaban J connectivity index is 1.52. The summed E-state index contributed by atoms with van der Waals surface area (Å²) in [5.41, 5.74) is 0.504. The van der Waals surface area contributed by atoms with Crippen LogP contribution in [0.1, 0.15) is 24.0 Å². The van der Waals surface area contributed by atoms with Gasteiger partial charge in [0.15, 0.2) is 17.4 Å². The van der Waals surface area contributed by atoms with Gasteiger partial charge in [-0.2, -0.15) is 0 Å². The molecule has 3 heterocycles. The highest BCUT2D eigenvalue weighted by Gasteiger charge is 2.43. The Morgan fingerprint density at radius 3 is 2.57 bits per heavy atom. The fraction of sp³-hybridized carbons (Fsp3) is 0.400. The molecule has 0 aliphatic carbocycles. The van der Waals surface area contributed by atoms with Crippen LogP contribution in [0.5, 0.6) is 0 Å². The van der Waals surface area contributed by atoms with Crippen LogP contribution in [-0.2, 0) is 32.2 Å². The van der Waals surface area contributed by atoms with Crippen molar-refractivity contribution < 1.29 is 38.8 Å². The summed E-state index contributed by atoms with van der Waals surface area (Å²) in [5, 5.41) is 35.6. The number of piperidine rings is 1. The number of nitrogens with zero attached hydrogens (tertiary/aromatic N) is 2. The number of nitrogens with one attached hydrogen (secondary N) is 2. The summed E-state index contributed by atoms with van der Waals surface area (Å²) >= 11 is 0. The molecule has 198 valence electrons. The molecule has 0 spiro atoms. The van der Waals surface area contributed by atoms with Gasteiger partial charge in [0.1, 0.15) is 11.9 Å². The summed E-state index contributed by atoms with van der Waals surface area (Å²) < 4.78 is 20.1. The molecule has 1 unspecified atom stereocenters. The number of aliphatic hydroxyl groups is 3. The normalized spacial score (nSPS) is 23.6. The van der Waals surface area contributed by atoms with Crippen molar-refractivity contribution in [2.75, 3.05) is 32.8 Å². The lowest BCUT2D eigenvalue weighted by atomic mass is 10.0. The van der Waals surface area contributed by atoms with Gasteiger partial charge in [0, 0.05) is 43.7 Å². The lowest BCUT2D eigenvalue weighted by Crippen LogP contribution is -2.53. The minimum Gasteiger partial charge on any atom is -0.505 e. The zero-order valence-corrected chi connectivity index (χ0v) is 20.1. The third kappa shape index (κ3) is 5.75. The van der Waals surface area contributed by atoms with Crippen LogP contribution in [0.25, 0.3) is 0 Å². The maximum Gasteiger partial charge on any atom is 0.259 e. The van der Waals surface area contributed by atoms with E-state index in [0.717, 1.165) is 23.6 Å². The Morgan fingerprint density at radius 1 is 1.19 bits per heavy atom. The van der Waals surface area contributed by atoms with Crippen LogP contribution in [0.15, 0.2) is 53.3 Å². The summed E-state index contributed by atoms with van der Waals surface area (Å²) in [7, 11) is 0. The third-order valence-electron chi connectivity index (χ3n) is 6.56. The van der Waals surface area contributed by atoms with E-state index in [2.05, 4.69) is 22.1 Å². The second kappa shape index (κ2) is 11.0. The van der Waals surface area contributed by atoms with Crippen molar-refractivity contribution >= 4 is 17.7 Å². The van der Waals surface area contributed by atoms with Crippen molar-refractivity contribution in [1.82, 2.24) is 20.4 Å². The molecule has 0 saturated carbocycles. The number of rotatable bonds is 7. The molecule has 11 nitrogen and oxygen atoms in total. The highest BCUT2D eigenvalue weighted by molar-refractivity contribution is 6.07. The molecule has 1 atom stereocenters. The van der Waals surface area contributed by atoms with Gasteiger partial charge < -0.3 is 30.3 Å². The zero-order valence-electron chi connectivity index (χ0n) is 20.1. The molecule has 4 rings (SSSR count). The molecule has 1 aromatic carbocycles. The van der Waals surface area contributed by atoms with Crippen LogP contribution in [0.3, 0.4) is 0 Å². The van der Waals surface area contributed by atoms with Gasteiger partial charge in [-0.3, -0.25) is 24.6 Å². The molecular formula is C25H29FN4O7. The lowest BCUT2D eigenvalue weighted by Gasteiger charge is -2.28. The molecule has 12 heteroatoms. The van der Waals surface area contributed by atoms with E-state index in [4.69, 9.17) is 4.74 Å². The number of ether oxygens (including phenoxy) is 1. The number of likely N-dealkylation sites (tertiary alicyclic amines) is 1. The molecule has 3 aliphatic rings. The van der Waals surface area contributed by atoms with E-state index in [0.29, 0.717) is 19.8 Å². The van der Waals surface area contributed by atoms with Crippen molar-refractivity contribution in [1.29, 1.82) is 0 Å². The number of hydrogen-bond donors (Lipinski definition) is 5. The standard InChI is InChI=1S/C25H29FN4O7/c1-14(31)22(33)21-17(13-30(25(21)36)19-4-5-20(32)28-24(19)35)23(34)27-11-16-3-2-15(10-18(16)26)12-29-6-8-37-9-7-29/h2-3,10,19,27,31,33-34H,1,4-9,11-13H2,(H,28,32,35)/b22-21-,23-17-. The fourth-order valence-corrected chi connectivity index (χ4v) is 4.54. The molecule has 37 heavy (non-hydrogen) atoms. The average Bonchev–Trinajstić information content (AvgIpc) is 3.20. The predicted molar refractivity (Wildman–Crippen MR) is 128 cm³/mol. The largest absolute Gasteiger partial charge is 0.505 e. The van der Waals surface area contributed by atoms with Crippen LogP contribution in [-0.4, -0.2) is 81.7 Å². The smallest absolute Gasteiger partial charge is 0.259 e. The average molecular weight is 517 g/mol. The molecular weight excluding hydrogens is 487 g/mol. The Kier molecular flexibility index (Phi) is 7.79. The molecule has 3 amide bonds. The van der Waals surface area contributed by atoms with E-state index >= 15 is 0 Å². The van der Waals surface area contributed by atoms with Gasteiger partial charge in [-0.1, -0.05) is 18.7 Å².